The van der Waals surface area contributed by atoms with Crippen molar-refractivity contribution in [2.24, 2.45) is 4.99 Å². The second-order valence-corrected chi connectivity index (χ2v) is 3.07. The van der Waals surface area contributed by atoms with Crippen LogP contribution in [0.2, 0.25) is 0 Å². The zero-order chi connectivity index (χ0) is 10.8. The van der Waals surface area contributed by atoms with Crippen LogP contribution in [-0.2, 0) is 9.59 Å². The molecule has 1 amide bonds. The van der Waals surface area contributed by atoms with Crippen LogP contribution in [0.15, 0.2) is 23.2 Å². The lowest BCUT2D eigenvalue weighted by molar-refractivity contribution is -0.120. The van der Waals surface area contributed by atoms with E-state index in [1.807, 2.05) is 0 Å². The van der Waals surface area contributed by atoms with Crippen molar-refractivity contribution in [3.8, 4) is 5.75 Å². The molecule has 0 unspecified atom stereocenters. The zero-order valence-corrected chi connectivity index (χ0v) is 8.06. The number of rotatable bonds is 1. The molecule has 0 spiro atoms. The number of isocyanates is 1. The first kappa shape index (κ1) is 9.43. The standard InChI is InChI=1S/C10H8N2O3/c1-12-9(14)5-15-8-4-2-3-7(10(8)12)11-6-13/h2-4H,5H2,1H3. The third-order valence-corrected chi connectivity index (χ3v) is 2.20. The molecule has 15 heavy (non-hydrogen) atoms. The molecule has 0 atom stereocenters. The van der Waals surface area contributed by atoms with Crippen LogP contribution in [0, 0.1) is 0 Å². The predicted octanol–water partition coefficient (Wildman–Crippen LogP) is 1.01. The van der Waals surface area contributed by atoms with E-state index in [0.717, 1.165) is 0 Å². The Morgan fingerprint density at radius 3 is 3.07 bits per heavy atom. The molecule has 1 aliphatic heterocycles. The third-order valence-electron chi connectivity index (χ3n) is 2.20. The monoisotopic (exact) mass is 204 g/mol. The minimum Gasteiger partial charge on any atom is -0.481 e. The van der Waals surface area contributed by atoms with E-state index in [2.05, 4.69) is 4.99 Å². The van der Waals surface area contributed by atoms with Crippen LogP contribution in [-0.4, -0.2) is 25.6 Å². The molecule has 0 aromatic heterocycles. The maximum Gasteiger partial charge on any atom is 0.264 e. The molecule has 0 radical (unpaired) electrons. The summed E-state index contributed by atoms with van der Waals surface area (Å²) in [5, 5.41) is 0. The fourth-order valence-corrected chi connectivity index (χ4v) is 1.46. The summed E-state index contributed by atoms with van der Waals surface area (Å²) in [7, 11) is 1.62. The lowest BCUT2D eigenvalue weighted by atomic mass is 10.2. The molecule has 0 aliphatic carbocycles. The van der Waals surface area contributed by atoms with Crippen LogP contribution in [0.1, 0.15) is 0 Å². The van der Waals surface area contributed by atoms with E-state index in [-0.39, 0.29) is 12.5 Å². The second kappa shape index (κ2) is 3.55. The SMILES string of the molecule is CN1C(=O)COc2cccc(N=C=O)c21. The number of ether oxygens (including phenoxy) is 1. The number of amides is 1. The lowest BCUT2D eigenvalue weighted by Crippen LogP contribution is -2.35. The van der Waals surface area contributed by atoms with Gasteiger partial charge in [0.1, 0.15) is 17.1 Å². The highest BCUT2D eigenvalue weighted by atomic mass is 16.5. The van der Waals surface area contributed by atoms with Gasteiger partial charge in [0.25, 0.3) is 5.91 Å². The summed E-state index contributed by atoms with van der Waals surface area (Å²) in [5.74, 6) is 0.379. The van der Waals surface area contributed by atoms with Gasteiger partial charge < -0.3 is 9.64 Å². The van der Waals surface area contributed by atoms with E-state index in [1.54, 1.807) is 25.2 Å². The summed E-state index contributed by atoms with van der Waals surface area (Å²) in [6.07, 6.45) is 1.45. The Balaban J connectivity index is 2.61. The molecule has 1 aromatic rings. The van der Waals surface area contributed by atoms with E-state index < -0.39 is 0 Å². The van der Waals surface area contributed by atoms with Crippen LogP contribution in [0.4, 0.5) is 11.4 Å². The second-order valence-electron chi connectivity index (χ2n) is 3.07. The summed E-state index contributed by atoms with van der Waals surface area (Å²) in [6.45, 7) is 0.0117. The highest BCUT2D eigenvalue weighted by Crippen LogP contribution is 2.39. The highest BCUT2D eigenvalue weighted by molar-refractivity contribution is 6.00. The summed E-state index contributed by atoms with van der Waals surface area (Å²) >= 11 is 0. The van der Waals surface area contributed by atoms with Gasteiger partial charge in [0.2, 0.25) is 6.08 Å². The van der Waals surface area contributed by atoms with Crippen molar-refractivity contribution in [3.05, 3.63) is 18.2 Å². The minimum absolute atomic E-state index is 0.0117. The number of anilines is 1. The summed E-state index contributed by atoms with van der Waals surface area (Å²) in [5.41, 5.74) is 0.898. The van der Waals surface area contributed by atoms with Gasteiger partial charge in [0, 0.05) is 7.05 Å². The predicted molar refractivity (Wildman–Crippen MR) is 53.1 cm³/mol. The molecular weight excluding hydrogens is 196 g/mol. The van der Waals surface area contributed by atoms with E-state index >= 15 is 0 Å². The smallest absolute Gasteiger partial charge is 0.264 e. The van der Waals surface area contributed by atoms with Gasteiger partial charge in [0.05, 0.1) is 0 Å². The molecule has 0 fully saturated rings. The van der Waals surface area contributed by atoms with Crippen LogP contribution in [0.5, 0.6) is 5.75 Å². The molecule has 5 nitrogen and oxygen atoms in total. The van der Waals surface area contributed by atoms with Gasteiger partial charge in [-0.15, -0.1) is 0 Å². The number of nitrogens with zero attached hydrogens (tertiary/aromatic N) is 2. The quantitative estimate of drug-likeness (QED) is 0.506. The number of para-hydroxylation sites is 1. The molecule has 0 saturated carbocycles. The minimum atomic E-state index is -0.170. The average Bonchev–Trinajstić information content (AvgIpc) is 2.24. The Morgan fingerprint density at radius 2 is 2.33 bits per heavy atom. The number of fused-ring (bicyclic) bond motifs is 1. The van der Waals surface area contributed by atoms with Crippen molar-refractivity contribution < 1.29 is 14.3 Å². The summed E-state index contributed by atoms with van der Waals surface area (Å²) in [4.78, 5) is 26.5. The van der Waals surface area contributed by atoms with Crippen LogP contribution >= 0.6 is 0 Å². The van der Waals surface area contributed by atoms with Crippen molar-refractivity contribution in [1.29, 1.82) is 0 Å². The van der Waals surface area contributed by atoms with Gasteiger partial charge in [-0.05, 0) is 12.1 Å². The lowest BCUT2D eigenvalue weighted by Gasteiger charge is -2.26. The topological polar surface area (TPSA) is 59.0 Å². The van der Waals surface area contributed by atoms with Crippen LogP contribution in [0.25, 0.3) is 0 Å². The number of likely N-dealkylation sites (N-methyl/N-ethyl adjacent to an activating group) is 1. The fourth-order valence-electron chi connectivity index (χ4n) is 1.46. The zero-order valence-electron chi connectivity index (χ0n) is 8.06. The number of carbonyl (C=O) groups is 1. The number of aliphatic imine (C=N–C) groups is 1. The Labute approximate surface area is 86.0 Å². The molecule has 1 heterocycles. The van der Waals surface area contributed by atoms with Crippen LogP contribution in [0.3, 0.4) is 0 Å². The maximum atomic E-state index is 11.4. The maximum absolute atomic E-state index is 11.4. The molecule has 76 valence electrons. The van der Waals surface area contributed by atoms with Crippen molar-refractivity contribution in [2.75, 3.05) is 18.6 Å². The molecular formula is C10H8N2O3. The number of benzene rings is 1. The molecule has 0 N–H and O–H groups in total. The first-order valence-electron chi connectivity index (χ1n) is 4.34. The molecule has 0 saturated heterocycles. The normalized spacial score (nSPS) is 13.9. The van der Waals surface area contributed by atoms with E-state index in [1.165, 1.54) is 11.0 Å². The Hall–Kier alpha value is -2.13. The van der Waals surface area contributed by atoms with Crippen molar-refractivity contribution in [2.45, 2.75) is 0 Å². The van der Waals surface area contributed by atoms with Crippen LogP contribution < -0.4 is 9.64 Å². The highest BCUT2D eigenvalue weighted by Gasteiger charge is 2.24. The first-order chi connectivity index (χ1) is 7.24. The fraction of sp³-hybridized carbons (Fsp3) is 0.200. The van der Waals surface area contributed by atoms with Gasteiger partial charge in [-0.2, -0.15) is 4.99 Å². The largest absolute Gasteiger partial charge is 0.481 e. The van der Waals surface area contributed by atoms with Crippen molar-refractivity contribution in [1.82, 2.24) is 0 Å². The number of hydrogen-bond donors (Lipinski definition) is 0. The summed E-state index contributed by atoms with van der Waals surface area (Å²) < 4.78 is 5.21. The number of hydrogen-bond acceptors (Lipinski definition) is 4. The van der Waals surface area contributed by atoms with Gasteiger partial charge in [-0.1, -0.05) is 6.07 Å². The Kier molecular flexibility index (Phi) is 2.23. The van der Waals surface area contributed by atoms with Crippen molar-refractivity contribution in [3.63, 3.8) is 0 Å². The molecule has 0 bridgehead atoms. The average molecular weight is 204 g/mol. The molecule has 5 heteroatoms. The molecule has 1 aromatic carbocycles. The summed E-state index contributed by atoms with van der Waals surface area (Å²) in [6, 6.07) is 5.06. The first-order valence-corrected chi connectivity index (χ1v) is 4.34. The Morgan fingerprint density at radius 1 is 1.53 bits per heavy atom. The van der Waals surface area contributed by atoms with Gasteiger partial charge in [-0.3, -0.25) is 4.79 Å². The van der Waals surface area contributed by atoms with Crippen molar-refractivity contribution >= 4 is 23.4 Å². The van der Waals surface area contributed by atoms with Gasteiger partial charge in [-0.25, -0.2) is 4.79 Å². The number of carbonyl (C=O) groups excluding carboxylic acids is 2. The van der Waals surface area contributed by atoms with E-state index in [9.17, 15) is 9.59 Å². The van der Waals surface area contributed by atoms with E-state index in [4.69, 9.17) is 4.74 Å². The van der Waals surface area contributed by atoms with Gasteiger partial charge >= 0.3 is 0 Å². The van der Waals surface area contributed by atoms with Gasteiger partial charge in [0.15, 0.2) is 6.61 Å². The molecule has 1 aliphatic rings. The van der Waals surface area contributed by atoms with E-state index in [0.29, 0.717) is 17.1 Å². The molecule has 2 rings (SSSR count). The Bertz CT molecular complexity index is 464. The third kappa shape index (κ3) is 1.49.